The fourth-order valence-electron chi connectivity index (χ4n) is 2.61. The Labute approximate surface area is 138 Å². The van der Waals surface area contributed by atoms with E-state index in [-0.39, 0.29) is 12.7 Å². The fraction of sp³-hybridized carbons (Fsp3) is 0.692. The van der Waals surface area contributed by atoms with Gasteiger partial charge >= 0.3 is 14.3 Å². The van der Waals surface area contributed by atoms with Crippen LogP contribution in [0.25, 0.3) is 0 Å². The maximum absolute atomic E-state index is 12.0. The molecule has 0 aromatic carbocycles. The molecule has 0 bridgehead atoms. The van der Waals surface area contributed by atoms with Crippen molar-refractivity contribution < 1.29 is 18.3 Å². The van der Waals surface area contributed by atoms with Gasteiger partial charge in [-0.15, -0.1) is 11.6 Å². The molecule has 5 atom stereocenters. The quantitative estimate of drug-likeness (QED) is 0.645. The van der Waals surface area contributed by atoms with E-state index >= 15 is 0 Å². The lowest BCUT2D eigenvalue weighted by atomic mass is 10.0. The van der Waals surface area contributed by atoms with Gasteiger partial charge in [0.25, 0.3) is 5.56 Å². The number of aromatic nitrogens is 2. The van der Waals surface area contributed by atoms with Gasteiger partial charge in [0.1, 0.15) is 17.1 Å². The highest BCUT2D eigenvalue weighted by molar-refractivity contribution is 7.41. The highest BCUT2D eigenvalue weighted by Crippen LogP contribution is 2.55. The number of fused-ring (bicyclic) bond motifs is 1. The van der Waals surface area contributed by atoms with Crippen molar-refractivity contribution in [2.75, 3.05) is 6.61 Å². The van der Waals surface area contributed by atoms with E-state index in [2.05, 4.69) is 4.98 Å². The van der Waals surface area contributed by atoms with Crippen molar-refractivity contribution in [3.63, 3.8) is 0 Å². The number of H-pyrrole nitrogens is 1. The van der Waals surface area contributed by atoms with Gasteiger partial charge < -0.3 is 18.3 Å². The number of halogens is 1. The second-order valence-corrected chi connectivity index (χ2v) is 7.84. The molecule has 2 aliphatic heterocycles. The molecular formula is C13H18ClN2O6P. The summed E-state index contributed by atoms with van der Waals surface area (Å²) >= 11 is 6.65. The third-order valence-corrected chi connectivity index (χ3v) is 5.38. The minimum atomic E-state index is -1.51. The molecule has 2 saturated heterocycles. The van der Waals surface area contributed by atoms with Crippen molar-refractivity contribution in [3.05, 3.63) is 33.1 Å². The van der Waals surface area contributed by atoms with Crippen molar-refractivity contribution in [1.82, 2.24) is 9.55 Å². The van der Waals surface area contributed by atoms with Crippen molar-refractivity contribution in [2.45, 2.75) is 50.2 Å². The van der Waals surface area contributed by atoms with Crippen LogP contribution < -0.4 is 11.2 Å². The van der Waals surface area contributed by atoms with E-state index in [1.165, 1.54) is 16.8 Å². The number of hydrogen-bond acceptors (Lipinski definition) is 6. The molecule has 8 nitrogen and oxygen atoms in total. The first-order valence-corrected chi connectivity index (χ1v) is 8.69. The molecule has 23 heavy (non-hydrogen) atoms. The van der Waals surface area contributed by atoms with E-state index < -0.39 is 43.2 Å². The van der Waals surface area contributed by atoms with Crippen molar-refractivity contribution in [3.8, 4) is 0 Å². The van der Waals surface area contributed by atoms with Crippen LogP contribution in [0.1, 0.15) is 27.0 Å². The standard InChI is InChI=1S/C13H18ClN2O6P/c1-7(2)21-23-19-6-8-10(22-23)13(3,14)11(20-8)16-5-4-9(17)15-12(16)18/h4-5,7-8,10-11H,6H2,1-3H3,(H,15,17,18). The molecule has 0 aliphatic carbocycles. The summed E-state index contributed by atoms with van der Waals surface area (Å²) in [6, 6.07) is 1.24. The molecule has 1 aromatic heterocycles. The molecule has 0 amide bonds. The van der Waals surface area contributed by atoms with Gasteiger partial charge in [-0.3, -0.25) is 14.3 Å². The zero-order chi connectivity index (χ0) is 16.8. The number of hydrogen-bond donors (Lipinski definition) is 1. The van der Waals surface area contributed by atoms with E-state index in [9.17, 15) is 9.59 Å². The minimum Gasteiger partial charge on any atom is -0.347 e. The SMILES string of the molecule is CC(C)OP1OCC2OC(n3ccc(=O)[nH]c3=O)C(C)(Cl)C2O1. The molecule has 2 fully saturated rings. The smallest absolute Gasteiger partial charge is 0.333 e. The van der Waals surface area contributed by atoms with Gasteiger partial charge in [-0.25, -0.2) is 4.79 Å². The first-order valence-electron chi connectivity index (χ1n) is 7.21. The molecule has 2 aliphatic rings. The average Bonchev–Trinajstić information content (AvgIpc) is 2.70. The Kier molecular flexibility index (Phi) is 4.66. The van der Waals surface area contributed by atoms with Gasteiger partial charge in [0.2, 0.25) is 0 Å². The van der Waals surface area contributed by atoms with E-state index in [0.717, 1.165) is 0 Å². The summed E-state index contributed by atoms with van der Waals surface area (Å²) < 4.78 is 24.0. The normalized spacial score (nSPS) is 37.1. The lowest BCUT2D eigenvalue weighted by molar-refractivity contribution is -0.0642. The zero-order valence-electron chi connectivity index (χ0n) is 12.9. The maximum Gasteiger partial charge on any atom is 0.333 e. The Morgan fingerprint density at radius 3 is 2.91 bits per heavy atom. The summed E-state index contributed by atoms with van der Waals surface area (Å²) in [5, 5.41) is 0. The third kappa shape index (κ3) is 3.24. The van der Waals surface area contributed by atoms with Crippen molar-refractivity contribution >= 4 is 20.2 Å². The second kappa shape index (κ2) is 6.27. The summed E-state index contributed by atoms with van der Waals surface area (Å²) in [7, 11) is -1.51. The summed E-state index contributed by atoms with van der Waals surface area (Å²) in [5.41, 5.74) is -1.07. The Morgan fingerprint density at radius 1 is 1.52 bits per heavy atom. The molecule has 0 saturated carbocycles. The number of nitrogens with zero attached hydrogens (tertiary/aromatic N) is 1. The van der Waals surface area contributed by atoms with Gasteiger partial charge in [-0.1, -0.05) is 0 Å². The predicted octanol–water partition coefficient (Wildman–Crippen LogP) is 1.50. The predicted molar refractivity (Wildman–Crippen MR) is 83.5 cm³/mol. The maximum atomic E-state index is 12.0. The van der Waals surface area contributed by atoms with Crippen molar-refractivity contribution in [2.24, 2.45) is 0 Å². The van der Waals surface area contributed by atoms with E-state index in [1.54, 1.807) is 6.92 Å². The van der Waals surface area contributed by atoms with Crippen LogP contribution in [0.4, 0.5) is 0 Å². The molecule has 10 heteroatoms. The molecule has 3 rings (SSSR count). The van der Waals surface area contributed by atoms with E-state index in [4.69, 9.17) is 29.9 Å². The third-order valence-electron chi connectivity index (χ3n) is 3.63. The van der Waals surface area contributed by atoms with Crippen LogP contribution >= 0.6 is 20.2 Å². The fourth-order valence-corrected chi connectivity index (χ4v) is 4.33. The van der Waals surface area contributed by atoms with Crippen molar-refractivity contribution in [1.29, 1.82) is 0 Å². The first kappa shape index (κ1) is 17.1. The summed E-state index contributed by atoms with van der Waals surface area (Å²) in [6.45, 7) is 5.76. The van der Waals surface area contributed by atoms with Crippen LogP contribution in [-0.4, -0.2) is 39.3 Å². The number of ether oxygens (including phenoxy) is 1. The van der Waals surface area contributed by atoms with Crippen LogP contribution in [0.5, 0.6) is 0 Å². The first-order chi connectivity index (χ1) is 10.8. The van der Waals surface area contributed by atoms with Crippen LogP contribution in [-0.2, 0) is 18.3 Å². The number of alkyl halides is 1. The number of aromatic amines is 1. The van der Waals surface area contributed by atoms with Gasteiger partial charge in [0, 0.05) is 12.3 Å². The van der Waals surface area contributed by atoms with Gasteiger partial charge in [0.05, 0.1) is 12.7 Å². The Morgan fingerprint density at radius 2 is 2.26 bits per heavy atom. The Hall–Kier alpha value is -0.760. The highest BCUT2D eigenvalue weighted by atomic mass is 35.5. The number of rotatable bonds is 3. The van der Waals surface area contributed by atoms with E-state index in [0.29, 0.717) is 0 Å². The topological polar surface area (TPSA) is 91.8 Å². The molecule has 3 heterocycles. The van der Waals surface area contributed by atoms with Crippen LogP contribution in [0.2, 0.25) is 0 Å². The summed E-state index contributed by atoms with van der Waals surface area (Å²) in [6.07, 6.45) is -0.388. The van der Waals surface area contributed by atoms with Crippen LogP contribution in [0, 0.1) is 0 Å². The Bertz CT molecular complexity index is 690. The molecule has 0 spiro atoms. The largest absolute Gasteiger partial charge is 0.347 e. The molecule has 0 radical (unpaired) electrons. The van der Waals surface area contributed by atoms with E-state index in [1.807, 2.05) is 13.8 Å². The molecule has 1 aromatic rings. The van der Waals surface area contributed by atoms with Gasteiger partial charge in [0.15, 0.2) is 6.23 Å². The molecular weight excluding hydrogens is 347 g/mol. The van der Waals surface area contributed by atoms with Crippen LogP contribution in [0.15, 0.2) is 21.9 Å². The highest BCUT2D eigenvalue weighted by Gasteiger charge is 2.58. The lowest BCUT2D eigenvalue weighted by Gasteiger charge is -2.34. The number of nitrogens with one attached hydrogen (secondary N) is 1. The molecule has 5 unspecified atom stereocenters. The minimum absolute atomic E-state index is 0.0424. The molecule has 128 valence electrons. The monoisotopic (exact) mass is 364 g/mol. The summed E-state index contributed by atoms with van der Waals surface area (Å²) in [5.74, 6) is 0. The van der Waals surface area contributed by atoms with Crippen LogP contribution in [0.3, 0.4) is 0 Å². The Balaban J connectivity index is 1.86. The molecule has 1 N–H and O–H groups in total. The summed E-state index contributed by atoms with van der Waals surface area (Å²) in [4.78, 5) is 24.4. The zero-order valence-corrected chi connectivity index (χ0v) is 14.5. The van der Waals surface area contributed by atoms with Gasteiger partial charge in [-0.2, -0.15) is 0 Å². The second-order valence-electron chi connectivity index (χ2n) is 5.90. The average molecular weight is 365 g/mol. The van der Waals surface area contributed by atoms with Gasteiger partial charge in [-0.05, 0) is 20.8 Å². The lowest BCUT2D eigenvalue weighted by Crippen LogP contribution is -2.45.